The Labute approximate surface area is 118 Å². The van der Waals surface area contributed by atoms with E-state index in [0.717, 1.165) is 0 Å². The van der Waals surface area contributed by atoms with Gasteiger partial charge in [0.2, 0.25) is 5.91 Å². The van der Waals surface area contributed by atoms with Crippen LogP contribution in [0.15, 0.2) is 0 Å². The monoisotopic (exact) mass is 286 g/mol. The van der Waals surface area contributed by atoms with Crippen LogP contribution in [0.3, 0.4) is 0 Å². The molecule has 0 aromatic rings. The fourth-order valence-corrected chi connectivity index (χ4v) is 1.86. The van der Waals surface area contributed by atoms with Gasteiger partial charge in [-0.2, -0.15) is 0 Å². The summed E-state index contributed by atoms with van der Waals surface area (Å²) in [4.78, 5) is 36.0. The number of esters is 1. The van der Waals surface area contributed by atoms with Crippen molar-refractivity contribution in [2.24, 2.45) is 0 Å². The van der Waals surface area contributed by atoms with Crippen LogP contribution in [0, 0.1) is 0 Å². The molecule has 1 atom stereocenters. The van der Waals surface area contributed by atoms with Gasteiger partial charge in [0.15, 0.2) is 0 Å². The maximum absolute atomic E-state index is 11.7. The second kappa shape index (κ2) is 6.58. The summed E-state index contributed by atoms with van der Waals surface area (Å²) in [6.07, 6.45) is -0.396. The van der Waals surface area contributed by atoms with Gasteiger partial charge in [-0.3, -0.25) is 9.59 Å². The van der Waals surface area contributed by atoms with E-state index in [-0.39, 0.29) is 38.1 Å². The van der Waals surface area contributed by atoms with Gasteiger partial charge >= 0.3 is 12.1 Å². The van der Waals surface area contributed by atoms with Gasteiger partial charge in [0, 0.05) is 13.0 Å². The number of amides is 2. The van der Waals surface area contributed by atoms with Crippen LogP contribution in [0.5, 0.6) is 0 Å². The van der Waals surface area contributed by atoms with Crippen molar-refractivity contribution in [3.63, 3.8) is 0 Å². The molecular formula is C13H22N2O5. The van der Waals surface area contributed by atoms with Crippen molar-refractivity contribution < 1.29 is 23.9 Å². The number of likely N-dealkylation sites (tertiary alicyclic amines) is 1. The largest absolute Gasteiger partial charge is 0.465 e. The predicted octanol–water partition coefficient (Wildman–Crippen LogP) is 0.675. The van der Waals surface area contributed by atoms with Gasteiger partial charge in [-0.15, -0.1) is 0 Å². The zero-order valence-corrected chi connectivity index (χ0v) is 12.4. The van der Waals surface area contributed by atoms with E-state index >= 15 is 0 Å². The molecule has 0 bridgehead atoms. The Hall–Kier alpha value is -1.79. The summed E-state index contributed by atoms with van der Waals surface area (Å²) in [6.45, 7) is 7.48. The third kappa shape index (κ3) is 5.46. The number of hydrogen-bond acceptors (Lipinski definition) is 5. The topological polar surface area (TPSA) is 84.9 Å². The van der Waals surface area contributed by atoms with E-state index in [1.807, 2.05) is 0 Å². The van der Waals surface area contributed by atoms with Gasteiger partial charge in [-0.05, 0) is 27.7 Å². The highest BCUT2D eigenvalue weighted by Crippen LogP contribution is 2.13. The molecule has 0 spiro atoms. The molecular weight excluding hydrogens is 264 g/mol. The highest BCUT2D eigenvalue weighted by atomic mass is 16.6. The first kappa shape index (κ1) is 16.3. The predicted molar refractivity (Wildman–Crippen MR) is 71.0 cm³/mol. The first-order chi connectivity index (χ1) is 9.21. The van der Waals surface area contributed by atoms with Gasteiger partial charge < -0.3 is 19.7 Å². The first-order valence-electron chi connectivity index (χ1n) is 6.64. The normalized spacial score (nSPS) is 18.9. The van der Waals surface area contributed by atoms with Gasteiger partial charge in [-0.1, -0.05) is 0 Å². The average Bonchev–Trinajstić information content (AvgIpc) is 2.56. The molecule has 1 N–H and O–H groups in total. The van der Waals surface area contributed by atoms with E-state index in [9.17, 15) is 14.4 Å². The van der Waals surface area contributed by atoms with Crippen molar-refractivity contribution >= 4 is 18.0 Å². The summed E-state index contributed by atoms with van der Waals surface area (Å²) in [5, 5.41) is 2.63. The molecule has 2 amide bonds. The fraction of sp³-hybridized carbons (Fsp3) is 0.769. The summed E-state index contributed by atoms with van der Waals surface area (Å²) in [6, 6.07) is -0.341. The summed E-state index contributed by atoms with van der Waals surface area (Å²) >= 11 is 0. The molecule has 0 radical (unpaired) electrons. The van der Waals surface area contributed by atoms with Gasteiger partial charge in [-0.25, -0.2) is 4.79 Å². The standard InChI is InChI=1S/C13H22N2O5/c1-5-19-11(17)8-15-7-9(6-10(15)16)14-12(18)20-13(2,3)4/h9H,5-8H2,1-4H3,(H,14,18)/t9-/m1/s1. The lowest BCUT2D eigenvalue weighted by atomic mass is 10.2. The lowest BCUT2D eigenvalue weighted by Gasteiger charge is -2.21. The Bertz CT molecular complexity index is 389. The first-order valence-corrected chi connectivity index (χ1v) is 6.64. The lowest BCUT2D eigenvalue weighted by molar-refractivity contribution is -0.147. The maximum atomic E-state index is 11.7. The number of alkyl carbamates (subject to hydrolysis) is 1. The molecule has 7 heteroatoms. The molecule has 20 heavy (non-hydrogen) atoms. The summed E-state index contributed by atoms with van der Waals surface area (Å²) in [5.41, 5.74) is -0.586. The number of hydrogen-bond donors (Lipinski definition) is 1. The minimum Gasteiger partial charge on any atom is -0.465 e. The lowest BCUT2D eigenvalue weighted by Crippen LogP contribution is -2.41. The zero-order chi connectivity index (χ0) is 15.3. The maximum Gasteiger partial charge on any atom is 0.407 e. The minimum atomic E-state index is -0.586. The molecule has 1 aliphatic rings. The van der Waals surface area contributed by atoms with Crippen LogP contribution in [-0.4, -0.2) is 54.2 Å². The van der Waals surface area contributed by atoms with E-state index in [4.69, 9.17) is 9.47 Å². The molecule has 114 valence electrons. The Morgan fingerprint density at radius 3 is 2.60 bits per heavy atom. The van der Waals surface area contributed by atoms with E-state index < -0.39 is 17.7 Å². The van der Waals surface area contributed by atoms with Crippen molar-refractivity contribution in [2.75, 3.05) is 19.7 Å². The van der Waals surface area contributed by atoms with Crippen molar-refractivity contribution in [3.8, 4) is 0 Å². The fourth-order valence-electron chi connectivity index (χ4n) is 1.86. The van der Waals surface area contributed by atoms with Crippen LogP contribution < -0.4 is 5.32 Å². The molecule has 0 aromatic heterocycles. The zero-order valence-electron chi connectivity index (χ0n) is 12.4. The molecule has 1 aliphatic heterocycles. The average molecular weight is 286 g/mol. The van der Waals surface area contributed by atoms with Gasteiger partial charge in [0.25, 0.3) is 0 Å². The van der Waals surface area contributed by atoms with Crippen LogP contribution in [-0.2, 0) is 19.1 Å². The second-order valence-corrected chi connectivity index (χ2v) is 5.63. The second-order valence-electron chi connectivity index (χ2n) is 5.63. The van der Waals surface area contributed by atoms with E-state index in [0.29, 0.717) is 0 Å². The quantitative estimate of drug-likeness (QED) is 0.768. The molecule has 7 nitrogen and oxygen atoms in total. The Morgan fingerprint density at radius 2 is 2.05 bits per heavy atom. The van der Waals surface area contributed by atoms with Gasteiger partial charge in [0.05, 0.1) is 12.6 Å². The van der Waals surface area contributed by atoms with Gasteiger partial charge in [0.1, 0.15) is 12.1 Å². The number of ether oxygens (including phenoxy) is 2. The van der Waals surface area contributed by atoms with Crippen molar-refractivity contribution in [1.82, 2.24) is 10.2 Å². The van der Waals surface area contributed by atoms with Crippen LogP contribution in [0.2, 0.25) is 0 Å². The molecule has 1 rings (SSSR count). The van der Waals surface area contributed by atoms with E-state index in [2.05, 4.69) is 5.32 Å². The van der Waals surface area contributed by atoms with Crippen LogP contribution >= 0.6 is 0 Å². The summed E-state index contributed by atoms with van der Waals surface area (Å²) in [5.74, 6) is -0.627. The molecule has 0 unspecified atom stereocenters. The SMILES string of the molecule is CCOC(=O)CN1C[C@H](NC(=O)OC(C)(C)C)CC1=O. The van der Waals surface area contributed by atoms with Crippen molar-refractivity contribution in [3.05, 3.63) is 0 Å². The Kier molecular flexibility index (Phi) is 5.35. The highest BCUT2D eigenvalue weighted by Gasteiger charge is 2.33. The number of rotatable bonds is 4. The molecule has 0 aromatic carbocycles. The summed E-state index contributed by atoms with van der Waals surface area (Å²) in [7, 11) is 0. The smallest absolute Gasteiger partial charge is 0.407 e. The number of nitrogens with zero attached hydrogens (tertiary/aromatic N) is 1. The van der Waals surface area contributed by atoms with Crippen molar-refractivity contribution in [1.29, 1.82) is 0 Å². The molecule has 1 fully saturated rings. The molecule has 1 heterocycles. The third-order valence-electron chi connectivity index (χ3n) is 2.56. The van der Waals surface area contributed by atoms with Crippen molar-refractivity contribution in [2.45, 2.75) is 45.8 Å². The van der Waals surface area contributed by atoms with E-state index in [1.165, 1.54) is 4.90 Å². The van der Waals surface area contributed by atoms with Crippen LogP contribution in [0.1, 0.15) is 34.1 Å². The van der Waals surface area contributed by atoms with E-state index in [1.54, 1.807) is 27.7 Å². The molecule has 1 saturated heterocycles. The van der Waals surface area contributed by atoms with Crippen LogP contribution in [0.25, 0.3) is 0 Å². The summed E-state index contributed by atoms with van der Waals surface area (Å²) < 4.78 is 9.91. The number of carbonyl (C=O) groups excluding carboxylic acids is 3. The molecule has 0 saturated carbocycles. The molecule has 0 aliphatic carbocycles. The number of carbonyl (C=O) groups is 3. The Balaban J connectivity index is 2.43. The minimum absolute atomic E-state index is 0.0842. The Morgan fingerprint density at radius 1 is 1.40 bits per heavy atom. The third-order valence-corrected chi connectivity index (χ3v) is 2.56. The van der Waals surface area contributed by atoms with Crippen LogP contribution in [0.4, 0.5) is 4.79 Å². The number of nitrogens with one attached hydrogen (secondary N) is 1. The highest BCUT2D eigenvalue weighted by molar-refractivity contribution is 5.85.